The van der Waals surface area contributed by atoms with E-state index >= 15 is 0 Å². The van der Waals surface area contributed by atoms with Crippen molar-refractivity contribution in [2.75, 3.05) is 11.1 Å². The zero-order valence-corrected chi connectivity index (χ0v) is 7.89. The number of carbonyl (C=O) groups is 1. The SMILES string of the molecule is Nc1[nH]c(=S)nc2c1CC(C(=O)O)N2. The minimum atomic E-state index is -0.923. The van der Waals surface area contributed by atoms with Gasteiger partial charge in [0.1, 0.15) is 17.7 Å². The molecule has 1 aliphatic rings. The van der Waals surface area contributed by atoms with Crippen LogP contribution in [-0.4, -0.2) is 27.1 Å². The third kappa shape index (κ3) is 1.31. The highest BCUT2D eigenvalue weighted by Gasteiger charge is 2.29. The van der Waals surface area contributed by atoms with Gasteiger partial charge in [-0.2, -0.15) is 0 Å². The molecule has 2 heterocycles. The number of anilines is 2. The molecule has 0 radical (unpaired) electrons. The number of aliphatic carboxylic acids is 1. The summed E-state index contributed by atoms with van der Waals surface area (Å²) in [5, 5.41) is 11.5. The van der Waals surface area contributed by atoms with Gasteiger partial charge in [-0.25, -0.2) is 9.78 Å². The normalized spacial score (nSPS) is 18.7. The number of rotatable bonds is 1. The number of hydrogen-bond acceptors (Lipinski definition) is 5. The summed E-state index contributed by atoms with van der Waals surface area (Å²) in [5.74, 6) is -0.0665. The predicted octanol–water partition coefficient (Wildman–Crippen LogP) is 0.143. The van der Waals surface area contributed by atoms with Gasteiger partial charge in [0.25, 0.3) is 0 Å². The first-order valence-electron chi connectivity index (χ1n) is 3.96. The van der Waals surface area contributed by atoms with Gasteiger partial charge in [0.2, 0.25) is 0 Å². The first-order valence-corrected chi connectivity index (χ1v) is 4.37. The van der Waals surface area contributed by atoms with Gasteiger partial charge in [-0.1, -0.05) is 0 Å². The summed E-state index contributed by atoms with van der Waals surface area (Å²) in [6.45, 7) is 0. The standard InChI is InChI=1S/C7H8N4O2S/c8-4-2-1-3(6(12)13)9-5(2)11-7(14)10-4/h3H,1H2,(H,12,13)(H4,8,9,10,11,14). The number of carboxylic acids is 1. The summed E-state index contributed by atoms with van der Waals surface area (Å²) >= 11 is 4.81. The Bertz CT molecular complexity index is 455. The number of fused-ring (bicyclic) bond motifs is 1. The monoisotopic (exact) mass is 212 g/mol. The van der Waals surface area contributed by atoms with E-state index in [1.54, 1.807) is 0 Å². The third-order valence-electron chi connectivity index (χ3n) is 2.08. The van der Waals surface area contributed by atoms with E-state index in [1.807, 2.05) is 0 Å². The molecule has 1 aromatic rings. The van der Waals surface area contributed by atoms with Crippen LogP contribution in [-0.2, 0) is 11.2 Å². The molecule has 1 aliphatic heterocycles. The second kappa shape index (κ2) is 2.95. The summed E-state index contributed by atoms with van der Waals surface area (Å²) in [6, 6.07) is -0.662. The van der Waals surface area contributed by atoms with Crippen molar-refractivity contribution in [1.82, 2.24) is 9.97 Å². The van der Waals surface area contributed by atoms with Gasteiger partial charge < -0.3 is 21.1 Å². The fourth-order valence-corrected chi connectivity index (χ4v) is 1.61. The molecule has 1 aromatic heterocycles. The number of H-pyrrole nitrogens is 1. The molecule has 2 rings (SSSR count). The highest BCUT2D eigenvalue weighted by atomic mass is 32.1. The Balaban J connectivity index is 2.44. The molecule has 1 atom stereocenters. The molecular formula is C7H8N4O2S. The highest BCUT2D eigenvalue weighted by molar-refractivity contribution is 7.71. The summed E-state index contributed by atoms with van der Waals surface area (Å²) in [4.78, 5) is 17.3. The first kappa shape index (κ1) is 8.95. The van der Waals surface area contributed by atoms with Crippen molar-refractivity contribution in [1.29, 1.82) is 0 Å². The van der Waals surface area contributed by atoms with E-state index in [0.717, 1.165) is 0 Å². The Labute approximate surface area is 84.2 Å². The zero-order valence-electron chi connectivity index (χ0n) is 7.07. The van der Waals surface area contributed by atoms with E-state index in [1.165, 1.54) is 0 Å². The maximum absolute atomic E-state index is 10.7. The number of nitrogens with one attached hydrogen (secondary N) is 2. The van der Waals surface area contributed by atoms with Crippen LogP contribution in [0.5, 0.6) is 0 Å². The maximum Gasteiger partial charge on any atom is 0.326 e. The lowest BCUT2D eigenvalue weighted by molar-refractivity contribution is -0.137. The third-order valence-corrected chi connectivity index (χ3v) is 2.28. The van der Waals surface area contributed by atoms with E-state index < -0.39 is 12.0 Å². The maximum atomic E-state index is 10.7. The molecule has 0 amide bonds. The molecule has 74 valence electrons. The molecule has 0 spiro atoms. The number of nitrogen functional groups attached to an aromatic ring is 1. The van der Waals surface area contributed by atoms with Gasteiger partial charge >= 0.3 is 5.97 Å². The smallest absolute Gasteiger partial charge is 0.326 e. The van der Waals surface area contributed by atoms with Gasteiger partial charge in [-0.05, 0) is 12.2 Å². The molecule has 0 aliphatic carbocycles. The first-order chi connectivity index (χ1) is 6.58. The van der Waals surface area contributed by atoms with Crippen molar-refractivity contribution in [3.05, 3.63) is 10.3 Å². The molecule has 1 unspecified atom stereocenters. The van der Waals surface area contributed by atoms with E-state index in [9.17, 15) is 4.79 Å². The van der Waals surface area contributed by atoms with Gasteiger partial charge in [0, 0.05) is 12.0 Å². The van der Waals surface area contributed by atoms with Crippen LogP contribution in [0.1, 0.15) is 5.56 Å². The minimum Gasteiger partial charge on any atom is -0.480 e. The van der Waals surface area contributed by atoms with Crippen molar-refractivity contribution in [2.45, 2.75) is 12.5 Å². The van der Waals surface area contributed by atoms with Crippen molar-refractivity contribution in [3.8, 4) is 0 Å². The lowest BCUT2D eigenvalue weighted by Crippen LogP contribution is -2.26. The Morgan fingerprint density at radius 3 is 3.07 bits per heavy atom. The number of aromatic nitrogens is 2. The van der Waals surface area contributed by atoms with Gasteiger partial charge in [0.15, 0.2) is 4.77 Å². The lowest BCUT2D eigenvalue weighted by Gasteiger charge is -2.02. The summed E-state index contributed by atoms with van der Waals surface area (Å²) < 4.78 is 0.250. The van der Waals surface area contributed by atoms with Crippen LogP contribution in [0.4, 0.5) is 11.6 Å². The van der Waals surface area contributed by atoms with Crippen LogP contribution in [0, 0.1) is 4.77 Å². The Morgan fingerprint density at radius 1 is 1.71 bits per heavy atom. The summed E-state index contributed by atoms with van der Waals surface area (Å²) in [6.07, 6.45) is 0.329. The van der Waals surface area contributed by atoms with Crippen molar-refractivity contribution >= 4 is 29.8 Å². The summed E-state index contributed by atoms with van der Waals surface area (Å²) in [5.41, 5.74) is 6.33. The lowest BCUT2D eigenvalue weighted by atomic mass is 10.1. The van der Waals surface area contributed by atoms with Gasteiger partial charge in [-0.15, -0.1) is 0 Å². The quantitative estimate of drug-likeness (QED) is 0.494. The molecule has 0 saturated heterocycles. The fraction of sp³-hybridized carbons (Fsp3) is 0.286. The second-order valence-electron chi connectivity index (χ2n) is 3.02. The Kier molecular flexibility index (Phi) is 1.88. The molecule has 7 heteroatoms. The van der Waals surface area contributed by atoms with E-state index in [2.05, 4.69) is 15.3 Å². The largest absolute Gasteiger partial charge is 0.480 e. The van der Waals surface area contributed by atoms with Gasteiger partial charge in [-0.3, -0.25) is 0 Å². The molecule has 14 heavy (non-hydrogen) atoms. The number of hydrogen-bond donors (Lipinski definition) is 4. The van der Waals surface area contributed by atoms with Crippen LogP contribution >= 0.6 is 12.2 Å². The average Bonchev–Trinajstić information content (AvgIpc) is 2.47. The summed E-state index contributed by atoms with van der Waals surface area (Å²) in [7, 11) is 0. The van der Waals surface area contributed by atoms with Crippen LogP contribution in [0.25, 0.3) is 0 Å². The Morgan fingerprint density at radius 2 is 2.43 bits per heavy atom. The number of carboxylic acid groups (broad SMARTS) is 1. The Hall–Kier alpha value is -1.63. The molecule has 0 bridgehead atoms. The van der Waals surface area contributed by atoms with Crippen LogP contribution in [0.15, 0.2) is 0 Å². The predicted molar refractivity (Wildman–Crippen MR) is 52.6 cm³/mol. The molecular weight excluding hydrogens is 204 g/mol. The van der Waals surface area contributed by atoms with E-state index in [0.29, 0.717) is 23.6 Å². The average molecular weight is 212 g/mol. The minimum absolute atomic E-state index is 0.250. The number of nitrogens with two attached hydrogens (primary N) is 1. The molecule has 0 aromatic carbocycles. The zero-order chi connectivity index (χ0) is 10.3. The van der Waals surface area contributed by atoms with Crippen LogP contribution in [0.3, 0.4) is 0 Å². The van der Waals surface area contributed by atoms with E-state index in [-0.39, 0.29) is 4.77 Å². The van der Waals surface area contributed by atoms with Crippen LogP contribution in [0.2, 0.25) is 0 Å². The van der Waals surface area contributed by atoms with Crippen LogP contribution < -0.4 is 11.1 Å². The molecule has 6 nitrogen and oxygen atoms in total. The van der Waals surface area contributed by atoms with Crippen molar-refractivity contribution in [2.24, 2.45) is 0 Å². The number of nitrogens with zero attached hydrogens (tertiary/aromatic N) is 1. The second-order valence-corrected chi connectivity index (χ2v) is 3.41. The molecule has 5 N–H and O–H groups in total. The molecule has 0 fully saturated rings. The molecule has 0 saturated carbocycles. The van der Waals surface area contributed by atoms with Crippen molar-refractivity contribution < 1.29 is 9.90 Å². The highest BCUT2D eigenvalue weighted by Crippen LogP contribution is 2.26. The van der Waals surface area contributed by atoms with E-state index in [4.69, 9.17) is 23.1 Å². The fourth-order valence-electron chi connectivity index (χ4n) is 1.41. The van der Waals surface area contributed by atoms with Crippen molar-refractivity contribution in [3.63, 3.8) is 0 Å². The number of aromatic amines is 1. The topological polar surface area (TPSA) is 104 Å². The van der Waals surface area contributed by atoms with Gasteiger partial charge in [0.05, 0.1) is 0 Å².